The van der Waals surface area contributed by atoms with Crippen molar-refractivity contribution in [1.82, 2.24) is 5.32 Å². The van der Waals surface area contributed by atoms with E-state index in [9.17, 15) is 4.79 Å². The summed E-state index contributed by atoms with van der Waals surface area (Å²) in [6, 6.07) is 14.3. The average Bonchev–Trinajstić information content (AvgIpc) is 2.43. The molecule has 0 saturated heterocycles. The van der Waals surface area contributed by atoms with Crippen LogP contribution in [0.1, 0.15) is 12.5 Å². The van der Waals surface area contributed by atoms with Crippen molar-refractivity contribution in [3.05, 3.63) is 48.0 Å². The Labute approximate surface area is 119 Å². The van der Waals surface area contributed by atoms with Crippen molar-refractivity contribution >= 4 is 29.1 Å². The van der Waals surface area contributed by atoms with Crippen LogP contribution in [-0.4, -0.2) is 12.5 Å². The maximum Gasteiger partial charge on any atom is 0.224 e. The zero-order chi connectivity index (χ0) is 13.0. The Hall–Kier alpha value is -1.58. The van der Waals surface area contributed by atoms with Crippen molar-refractivity contribution < 1.29 is 4.79 Å². The van der Waals surface area contributed by atoms with Crippen LogP contribution in [-0.2, 0) is 11.3 Å². The molecule has 1 atom stereocenters. The summed E-state index contributed by atoms with van der Waals surface area (Å²) < 4.78 is 0. The Bertz CT molecular complexity index is 551. The van der Waals surface area contributed by atoms with E-state index in [1.807, 2.05) is 31.2 Å². The Morgan fingerprint density at radius 3 is 2.63 bits per heavy atom. The summed E-state index contributed by atoms with van der Waals surface area (Å²) in [5.74, 6) is -0.134. The van der Waals surface area contributed by atoms with E-state index >= 15 is 0 Å². The van der Waals surface area contributed by atoms with E-state index in [-0.39, 0.29) is 24.2 Å². The summed E-state index contributed by atoms with van der Waals surface area (Å²) >= 11 is 0. The number of benzene rings is 2. The van der Waals surface area contributed by atoms with Crippen LogP contribution >= 0.6 is 12.4 Å². The van der Waals surface area contributed by atoms with Crippen LogP contribution in [0.15, 0.2) is 42.5 Å². The van der Waals surface area contributed by atoms with Gasteiger partial charge in [0.05, 0.1) is 0 Å². The molecule has 2 aromatic rings. The third-order valence-electron chi connectivity index (χ3n) is 3.13. The molecule has 0 radical (unpaired) electrons. The van der Waals surface area contributed by atoms with E-state index in [4.69, 9.17) is 5.73 Å². The minimum Gasteiger partial charge on any atom is -0.352 e. The summed E-state index contributed by atoms with van der Waals surface area (Å²) in [7, 11) is 0. The van der Waals surface area contributed by atoms with E-state index in [0.29, 0.717) is 13.1 Å². The molecule has 1 unspecified atom stereocenters. The van der Waals surface area contributed by atoms with Gasteiger partial charge in [-0.25, -0.2) is 0 Å². The number of fused-ring (bicyclic) bond motifs is 1. The molecule has 0 aliphatic rings. The van der Waals surface area contributed by atoms with E-state index in [2.05, 4.69) is 23.5 Å². The van der Waals surface area contributed by atoms with Crippen molar-refractivity contribution in [1.29, 1.82) is 0 Å². The second-order valence-corrected chi connectivity index (χ2v) is 4.49. The van der Waals surface area contributed by atoms with Gasteiger partial charge in [0.15, 0.2) is 0 Å². The molecule has 102 valence electrons. The molecule has 4 heteroatoms. The SMILES string of the molecule is CC(CN)C(=O)NCc1cccc2ccccc12.Cl. The first kappa shape index (κ1) is 15.5. The summed E-state index contributed by atoms with van der Waals surface area (Å²) in [4.78, 5) is 11.7. The minimum atomic E-state index is -0.139. The van der Waals surface area contributed by atoms with Crippen molar-refractivity contribution in [2.75, 3.05) is 6.54 Å². The lowest BCUT2D eigenvalue weighted by molar-refractivity contribution is -0.124. The number of carbonyl (C=O) groups is 1. The van der Waals surface area contributed by atoms with E-state index < -0.39 is 0 Å². The van der Waals surface area contributed by atoms with Gasteiger partial charge in [-0.05, 0) is 16.3 Å². The van der Waals surface area contributed by atoms with Gasteiger partial charge in [0.25, 0.3) is 0 Å². The first-order valence-corrected chi connectivity index (χ1v) is 6.17. The molecule has 0 aromatic heterocycles. The third-order valence-corrected chi connectivity index (χ3v) is 3.13. The average molecular weight is 279 g/mol. The highest BCUT2D eigenvalue weighted by Gasteiger charge is 2.10. The molecule has 19 heavy (non-hydrogen) atoms. The van der Waals surface area contributed by atoms with Crippen molar-refractivity contribution in [3.63, 3.8) is 0 Å². The topological polar surface area (TPSA) is 55.1 Å². The monoisotopic (exact) mass is 278 g/mol. The Morgan fingerprint density at radius 1 is 1.21 bits per heavy atom. The van der Waals surface area contributed by atoms with Crippen LogP contribution in [0.4, 0.5) is 0 Å². The molecule has 1 amide bonds. The fourth-order valence-electron chi connectivity index (χ4n) is 1.91. The van der Waals surface area contributed by atoms with Crippen LogP contribution in [0.25, 0.3) is 10.8 Å². The van der Waals surface area contributed by atoms with Gasteiger partial charge in [-0.2, -0.15) is 0 Å². The normalized spacial score (nSPS) is 11.7. The lowest BCUT2D eigenvalue weighted by Crippen LogP contribution is -2.32. The van der Waals surface area contributed by atoms with Gasteiger partial charge in [0.2, 0.25) is 5.91 Å². The van der Waals surface area contributed by atoms with Crippen LogP contribution in [0.2, 0.25) is 0 Å². The number of amides is 1. The Kier molecular flexibility index (Phi) is 5.80. The fourth-order valence-corrected chi connectivity index (χ4v) is 1.91. The number of hydrogen-bond acceptors (Lipinski definition) is 2. The predicted molar refractivity (Wildman–Crippen MR) is 81.3 cm³/mol. The van der Waals surface area contributed by atoms with Gasteiger partial charge in [-0.3, -0.25) is 4.79 Å². The fraction of sp³-hybridized carbons (Fsp3) is 0.267. The maximum absolute atomic E-state index is 11.7. The smallest absolute Gasteiger partial charge is 0.224 e. The van der Waals surface area contributed by atoms with Crippen LogP contribution < -0.4 is 11.1 Å². The molecule has 2 aromatic carbocycles. The molecule has 0 saturated carbocycles. The molecule has 0 heterocycles. The summed E-state index contributed by atoms with van der Waals surface area (Å²) in [6.07, 6.45) is 0. The molecule has 0 fully saturated rings. The molecule has 0 bridgehead atoms. The first-order chi connectivity index (χ1) is 8.72. The van der Waals surface area contributed by atoms with Crippen molar-refractivity contribution in [3.8, 4) is 0 Å². The van der Waals surface area contributed by atoms with Gasteiger partial charge in [0, 0.05) is 19.0 Å². The van der Waals surface area contributed by atoms with Crippen LogP contribution in [0.3, 0.4) is 0 Å². The van der Waals surface area contributed by atoms with E-state index in [1.165, 1.54) is 10.8 Å². The minimum absolute atomic E-state index is 0. The molecule has 0 aliphatic heterocycles. The molecular formula is C15H19ClN2O. The second kappa shape index (κ2) is 7.12. The standard InChI is InChI=1S/C15H18N2O.ClH/c1-11(9-16)15(18)17-10-13-7-4-6-12-5-2-3-8-14(12)13;/h2-8,11H,9-10,16H2,1H3,(H,17,18);1H. The highest BCUT2D eigenvalue weighted by molar-refractivity contribution is 5.86. The molecule has 0 spiro atoms. The van der Waals surface area contributed by atoms with Crippen molar-refractivity contribution in [2.45, 2.75) is 13.5 Å². The molecule has 3 N–H and O–H groups in total. The molecule has 2 rings (SSSR count). The quantitative estimate of drug-likeness (QED) is 0.903. The summed E-state index contributed by atoms with van der Waals surface area (Å²) in [6.45, 7) is 2.75. The Morgan fingerprint density at radius 2 is 1.89 bits per heavy atom. The highest BCUT2D eigenvalue weighted by Crippen LogP contribution is 2.18. The molecule has 3 nitrogen and oxygen atoms in total. The Balaban J connectivity index is 0.00000180. The number of nitrogens with one attached hydrogen (secondary N) is 1. The lowest BCUT2D eigenvalue weighted by Gasteiger charge is -2.11. The highest BCUT2D eigenvalue weighted by atomic mass is 35.5. The lowest BCUT2D eigenvalue weighted by atomic mass is 10.0. The zero-order valence-corrected chi connectivity index (χ0v) is 11.7. The zero-order valence-electron chi connectivity index (χ0n) is 10.9. The van der Waals surface area contributed by atoms with Crippen molar-refractivity contribution in [2.24, 2.45) is 11.7 Å². The summed E-state index contributed by atoms with van der Waals surface area (Å²) in [5.41, 5.74) is 6.60. The van der Waals surface area contributed by atoms with E-state index in [0.717, 1.165) is 5.56 Å². The number of hydrogen-bond donors (Lipinski definition) is 2. The van der Waals surface area contributed by atoms with Gasteiger partial charge in [-0.15, -0.1) is 12.4 Å². The number of carbonyl (C=O) groups excluding carboxylic acids is 1. The van der Waals surface area contributed by atoms with Gasteiger partial charge in [0.1, 0.15) is 0 Å². The number of nitrogens with two attached hydrogens (primary N) is 1. The summed E-state index contributed by atoms with van der Waals surface area (Å²) in [5, 5.41) is 5.29. The van der Waals surface area contributed by atoms with E-state index in [1.54, 1.807) is 0 Å². The number of rotatable bonds is 4. The molecular weight excluding hydrogens is 260 g/mol. The van der Waals surface area contributed by atoms with Gasteiger partial charge < -0.3 is 11.1 Å². The predicted octanol–water partition coefficient (Wildman–Crippen LogP) is 2.47. The van der Waals surface area contributed by atoms with Crippen LogP contribution in [0, 0.1) is 5.92 Å². The third kappa shape index (κ3) is 3.69. The molecule has 0 aliphatic carbocycles. The number of halogens is 1. The van der Waals surface area contributed by atoms with Gasteiger partial charge >= 0.3 is 0 Å². The largest absolute Gasteiger partial charge is 0.352 e. The second-order valence-electron chi connectivity index (χ2n) is 4.49. The van der Waals surface area contributed by atoms with Gasteiger partial charge in [-0.1, -0.05) is 49.4 Å². The first-order valence-electron chi connectivity index (χ1n) is 6.17. The van der Waals surface area contributed by atoms with Crippen LogP contribution in [0.5, 0.6) is 0 Å². The maximum atomic E-state index is 11.7.